The fraction of sp³-hybridized carbons (Fsp3) is 0.0500. The van der Waals surface area contributed by atoms with Crippen molar-refractivity contribution in [1.29, 1.82) is 0 Å². The lowest BCUT2D eigenvalue weighted by Gasteiger charge is -2.26. The summed E-state index contributed by atoms with van der Waals surface area (Å²) in [6.07, 6.45) is 5.53. The van der Waals surface area contributed by atoms with Gasteiger partial charge in [0.1, 0.15) is 58.2 Å². The number of fused-ring (bicyclic) bond motifs is 4. The quantitative estimate of drug-likeness (QED) is 0.0926. The van der Waals surface area contributed by atoms with Crippen LogP contribution in [0.3, 0.4) is 0 Å². The number of anilines is 2. The SMILES string of the molecule is Nc1ncnc2c1ncn2Cc1cc(=O)c2c(O)c3c(O)cc(O)c4c5c(O)cc(O)c6c(O)c7c(=O)cc(Cn8cnc9c(N)ncnc98)c8c1c2c(c34)c(c65)c78. The molecule has 0 aliphatic carbocycles. The lowest BCUT2D eigenvalue weighted by Crippen LogP contribution is -2.13. The maximum absolute atomic E-state index is 14.5. The zero-order chi connectivity index (χ0) is 39.8. The highest BCUT2D eigenvalue weighted by Gasteiger charge is 2.34. The Balaban J connectivity index is 1.39. The molecule has 58 heavy (non-hydrogen) atoms. The van der Waals surface area contributed by atoms with Crippen LogP contribution in [0.15, 0.2) is 59.2 Å². The number of phenolic OH excluding ortho intramolecular Hbond substituents is 6. The average Bonchev–Trinajstić information content (AvgIpc) is 3.79. The van der Waals surface area contributed by atoms with Gasteiger partial charge in [-0.25, -0.2) is 29.9 Å². The van der Waals surface area contributed by atoms with Gasteiger partial charge in [0.15, 0.2) is 33.8 Å². The number of imidazole rings is 2. The third-order valence-corrected chi connectivity index (χ3v) is 11.6. The molecular formula is C40H22N10O8. The minimum atomic E-state index is -0.633. The van der Waals surface area contributed by atoms with Crippen molar-refractivity contribution in [3.05, 3.63) is 81.1 Å². The largest absolute Gasteiger partial charge is 0.507 e. The van der Waals surface area contributed by atoms with Gasteiger partial charge in [-0.1, -0.05) is 0 Å². The molecule has 12 rings (SSSR count). The number of phenols is 6. The van der Waals surface area contributed by atoms with E-state index in [-0.39, 0.29) is 89.4 Å². The topological polar surface area (TPSA) is 295 Å². The molecule has 0 saturated heterocycles. The highest BCUT2D eigenvalue weighted by molar-refractivity contribution is 6.52. The fourth-order valence-electron chi connectivity index (χ4n) is 9.40. The first-order valence-corrected chi connectivity index (χ1v) is 17.6. The number of hydrogen-bond donors (Lipinski definition) is 8. The van der Waals surface area contributed by atoms with Crippen LogP contribution in [-0.4, -0.2) is 69.7 Å². The zero-order valence-corrected chi connectivity index (χ0v) is 29.3. The molecule has 0 saturated carbocycles. The Labute approximate surface area is 318 Å². The molecule has 18 heteroatoms. The van der Waals surface area contributed by atoms with Crippen LogP contribution in [0.1, 0.15) is 11.1 Å². The Morgan fingerprint density at radius 1 is 0.431 bits per heavy atom. The number of nitrogens with zero attached hydrogens (tertiary/aromatic N) is 8. The van der Waals surface area contributed by atoms with Gasteiger partial charge in [-0.2, -0.15) is 0 Å². The second-order valence-corrected chi connectivity index (χ2v) is 14.5. The smallest absolute Gasteiger partial charge is 0.190 e. The molecule has 0 atom stereocenters. The molecule has 12 aromatic rings. The number of rotatable bonds is 4. The van der Waals surface area contributed by atoms with Gasteiger partial charge in [0, 0.05) is 55.2 Å². The second-order valence-electron chi connectivity index (χ2n) is 14.5. The van der Waals surface area contributed by atoms with Crippen LogP contribution in [0.4, 0.5) is 11.6 Å². The van der Waals surface area contributed by atoms with E-state index in [0.29, 0.717) is 44.2 Å². The van der Waals surface area contributed by atoms with E-state index in [1.54, 1.807) is 9.13 Å². The summed E-state index contributed by atoms with van der Waals surface area (Å²) in [4.78, 5) is 54.7. The van der Waals surface area contributed by atoms with E-state index in [0.717, 1.165) is 12.1 Å². The van der Waals surface area contributed by atoms with Crippen molar-refractivity contribution in [1.82, 2.24) is 39.0 Å². The zero-order valence-electron chi connectivity index (χ0n) is 29.3. The van der Waals surface area contributed by atoms with Crippen LogP contribution >= 0.6 is 0 Å². The van der Waals surface area contributed by atoms with Crippen molar-refractivity contribution in [3.63, 3.8) is 0 Å². The van der Waals surface area contributed by atoms with Gasteiger partial charge in [-0.15, -0.1) is 0 Å². The van der Waals surface area contributed by atoms with E-state index in [1.807, 2.05) is 0 Å². The number of nitrogen functional groups attached to an aromatic ring is 2. The first-order valence-electron chi connectivity index (χ1n) is 17.6. The van der Waals surface area contributed by atoms with Gasteiger partial charge in [0.25, 0.3) is 0 Å². The monoisotopic (exact) mass is 770 g/mol. The standard InChI is InChI=1S/C40H22N10O8/c41-37-33-39(45-7-43-37)49(9-47-33)5-11-1-13(51)23-27-19(11)20-12(6-50-10-48-34-38(42)44-8-46-40(34)50)2-14(52)24-28(20)32-30-22(16(54)4-18(56)26(30)36(24)58)21-15(53)3-17(55)25(35(23)57)29(21)31(27)32/h1-4,7-10,53-58H,5-6H2,(H2,41,43,45)(H2,42,44,46). The Kier molecular flexibility index (Phi) is 5.59. The minimum Gasteiger partial charge on any atom is -0.507 e. The Morgan fingerprint density at radius 2 is 0.793 bits per heavy atom. The fourth-order valence-corrected chi connectivity index (χ4v) is 9.40. The number of aromatic hydroxyl groups is 6. The first kappa shape index (κ1) is 31.8. The summed E-state index contributed by atoms with van der Waals surface area (Å²) in [5, 5.41) is 71.0. The summed E-state index contributed by atoms with van der Waals surface area (Å²) < 4.78 is 3.31. The summed E-state index contributed by atoms with van der Waals surface area (Å²) >= 11 is 0. The van der Waals surface area contributed by atoms with E-state index < -0.39 is 45.4 Å². The van der Waals surface area contributed by atoms with E-state index in [4.69, 9.17) is 11.5 Å². The summed E-state index contributed by atoms with van der Waals surface area (Å²) in [6, 6.07) is 4.63. The molecule has 8 aromatic carbocycles. The third-order valence-electron chi connectivity index (χ3n) is 11.6. The summed E-state index contributed by atoms with van der Waals surface area (Å²) in [5.74, 6) is -3.07. The lowest BCUT2D eigenvalue weighted by molar-refractivity contribution is 0.450. The van der Waals surface area contributed by atoms with Crippen LogP contribution in [0.25, 0.3) is 97.7 Å². The van der Waals surface area contributed by atoms with E-state index in [1.165, 1.54) is 37.4 Å². The molecule has 0 amide bonds. The van der Waals surface area contributed by atoms with E-state index in [2.05, 4.69) is 29.9 Å². The van der Waals surface area contributed by atoms with Crippen LogP contribution in [0.2, 0.25) is 0 Å². The molecule has 0 aliphatic rings. The normalized spacial score (nSPS) is 12.6. The number of hydrogen-bond acceptors (Lipinski definition) is 16. The maximum atomic E-state index is 14.5. The lowest BCUT2D eigenvalue weighted by atomic mass is 9.77. The van der Waals surface area contributed by atoms with Gasteiger partial charge in [-0.05, 0) is 34.0 Å². The molecule has 18 nitrogen and oxygen atoms in total. The number of benzene rings is 8. The maximum Gasteiger partial charge on any atom is 0.190 e. The van der Waals surface area contributed by atoms with Crippen molar-refractivity contribution < 1.29 is 30.6 Å². The summed E-state index contributed by atoms with van der Waals surface area (Å²) in [6.45, 7) is -0.104. The third kappa shape index (κ3) is 3.57. The van der Waals surface area contributed by atoms with Gasteiger partial charge < -0.3 is 51.2 Å². The van der Waals surface area contributed by atoms with Crippen LogP contribution < -0.4 is 22.3 Å². The molecule has 0 aliphatic heterocycles. The van der Waals surface area contributed by atoms with Gasteiger partial charge in [-0.3, -0.25) is 9.59 Å². The molecule has 0 fully saturated rings. The van der Waals surface area contributed by atoms with Crippen molar-refractivity contribution in [2.24, 2.45) is 0 Å². The first-order chi connectivity index (χ1) is 27.9. The van der Waals surface area contributed by atoms with Crippen LogP contribution in [-0.2, 0) is 13.1 Å². The molecule has 4 heterocycles. The Bertz CT molecular complexity index is 3700. The molecule has 0 bridgehead atoms. The number of nitrogens with two attached hydrogens (primary N) is 2. The molecule has 0 unspecified atom stereocenters. The predicted octanol–water partition coefficient (Wildman–Crippen LogP) is 4.00. The minimum absolute atomic E-state index is 0.0468. The molecule has 280 valence electrons. The molecule has 10 N–H and O–H groups in total. The molecule has 0 spiro atoms. The summed E-state index contributed by atoms with van der Waals surface area (Å²) in [5.41, 5.74) is 13.0. The van der Waals surface area contributed by atoms with Gasteiger partial charge in [0.2, 0.25) is 0 Å². The van der Waals surface area contributed by atoms with Gasteiger partial charge in [0.05, 0.1) is 47.3 Å². The highest BCUT2D eigenvalue weighted by atomic mass is 16.3. The number of aromatic nitrogens is 8. The second kappa shape index (κ2) is 10.2. The van der Waals surface area contributed by atoms with E-state index >= 15 is 0 Å². The molecular weight excluding hydrogens is 749 g/mol. The van der Waals surface area contributed by atoms with Crippen molar-refractivity contribution >= 4 is 109 Å². The highest BCUT2D eigenvalue weighted by Crippen LogP contribution is 2.60. The predicted molar refractivity (Wildman–Crippen MR) is 214 cm³/mol. The Morgan fingerprint density at radius 3 is 1.21 bits per heavy atom. The van der Waals surface area contributed by atoms with E-state index in [9.17, 15) is 40.2 Å². The molecule has 0 radical (unpaired) electrons. The van der Waals surface area contributed by atoms with Crippen molar-refractivity contribution in [3.8, 4) is 34.5 Å². The Hall–Kier alpha value is -8.54. The van der Waals surface area contributed by atoms with Crippen LogP contribution in [0, 0.1) is 0 Å². The summed E-state index contributed by atoms with van der Waals surface area (Å²) in [7, 11) is 0. The molecule has 4 aromatic heterocycles. The van der Waals surface area contributed by atoms with Crippen molar-refractivity contribution in [2.75, 3.05) is 11.5 Å². The average molecular weight is 771 g/mol. The van der Waals surface area contributed by atoms with Crippen LogP contribution in [0.5, 0.6) is 34.5 Å². The van der Waals surface area contributed by atoms with Crippen molar-refractivity contribution in [2.45, 2.75) is 13.1 Å². The van der Waals surface area contributed by atoms with Gasteiger partial charge >= 0.3 is 0 Å².